The second-order valence-electron chi connectivity index (χ2n) is 5.43. The Morgan fingerprint density at radius 3 is 2.67 bits per heavy atom. The predicted molar refractivity (Wildman–Crippen MR) is 83.2 cm³/mol. The Hall–Kier alpha value is -2.43. The lowest BCUT2D eigenvalue weighted by Crippen LogP contribution is -2.29. The highest BCUT2D eigenvalue weighted by Gasteiger charge is 2.18. The number of H-pyrrole nitrogens is 1. The van der Waals surface area contributed by atoms with Crippen LogP contribution in [0.5, 0.6) is 0 Å². The molecule has 5 nitrogen and oxygen atoms in total. The summed E-state index contributed by atoms with van der Waals surface area (Å²) >= 11 is 0. The first-order valence-corrected chi connectivity index (χ1v) is 7.40. The van der Waals surface area contributed by atoms with Gasteiger partial charge >= 0.3 is 0 Å². The SMILES string of the molecule is c1ncc(-c2c[nH]c3nccc(N4CCCCC4)c23)cn1. The van der Waals surface area contributed by atoms with Gasteiger partial charge < -0.3 is 9.88 Å². The fourth-order valence-electron chi connectivity index (χ4n) is 3.10. The molecule has 4 heterocycles. The van der Waals surface area contributed by atoms with E-state index in [-0.39, 0.29) is 0 Å². The number of hydrogen-bond donors (Lipinski definition) is 1. The molecular formula is C16H17N5. The topological polar surface area (TPSA) is 57.7 Å². The zero-order valence-corrected chi connectivity index (χ0v) is 11.8. The van der Waals surface area contributed by atoms with Crippen LogP contribution in [-0.2, 0) is 0 Å². The number of hydrogen-bond acceptors (Lipinski definition) is 4. The minimum absolute atomic E-state index is 0.928. The lowest BCUT2D eigenvalue weighted by molar-refractivity contribution is 0.579. The molecule has 0 bridgehead atoms. The van der Waals surface area contributed by atoms with Crippen LogP contribution in [0.15, 0.2) is 37.2 Å². The molecule has 3 aromatic heterocycles. The third-order valence-corrected chi connectivity index (χ3v) is 4.12. The number of pyridine rings is 1. The summed E-state index contributed by atoms with van der Waals surface area (Å²) in [7, 11) is 0. The maximum Gasteiger partial charge on any atom is 0.139 e. The van der Waals surface area contributed by atoms with Gasteiger partial charge in [-0.2, -0.15) is 0 Å². The molecule has 1 aliphatic heterocycles. The van der Waals surface area contributed by atoms with Crippen LogP contribution in [0, 0.1) is 0 Å². The van der Waals surface area contributed by atoms with Crippen molar-refractivity contribution >= 4 is 16.7 Å². The number of anilines is 1. The molecule has 0 aliphatic carbocycles. The molecule has 0 amide bonds. The number of rotatable bonds is 2. The lowest BCUT2D eigenvalue weighted by Gasteiger charge is -2.29. The van der Waals surface area contributed by atoms with Crippen molar-refractivity contribution in [2.75, 3.05) is 18.0 Å². The monoisotopic (exact) mass is 279 g/mol. The number of piperidine rings is 1. The van der Waals surface area contributed by atoms with Gasteiger partial charge in [0, 0.05) is 60.1 Å². The molecule has 0 spiro atoms. The Morgan fingerprint density at radius 1 is 1.05 bits per heavy atom. The van der Waals surface area contributed by atoms with Crippen LogP contribution in [-0.4, -0.2) is 33.0 Å². The molecular weight excluding hydrogens is 262 g/mol. The Bertz CT molecular complexity index is 744. The quantitative estimate of drug-likeness (QED) is 0.783. The largest absolute Gasteiger partial charge is 0.371 e. The minimum Gasteiger partial charge on any atom is -0.371 e. The average molecular weight is 279 g/mol. The van der Waals surface area contributed by atoms with Crippen molar-refractivity contribution in [2.24, 2.45) is 0 Å². The minimum atomic E-state index is 0.928. The predicted octanol–water partition coefficient (Wildman–Crippen LogP) is 3.01. The third kappa shape index (κ3) is 2.14. The van der Waals surface area contributed by atoms with Gasteiger partial charge in [-0.3, -0.25) is 0 Å². The molecule has 21 heavy (non-hydrogen) atoms. The summed E-state index contributed by atoms with van der Waals surface area (Å²) in [5, 5.41) is 1.18. The van der Waals surface area contributed by atoms with Crippen LogP contribution in [0.2, 0.25) is 0 Å². The number of aromatic amines is 1. The molecule has 1 aliphatic rings. The van der Waals surface area contributed by atoms with Gasteiger partial charge in [0.15, 0.2) is 0 Å². The Labute approximate surface area is 123 Å². The number of nitrogens with one attached hydrogen (secondary N) is 1. The standard InChI is InChI=1S/C16H17N5/c1-2-6-21(7-3-1)14-4-5-19-16-15(14)13(10-20-16)12-8-17-11-18-9-12/h4-5,8-11H,1-3,6-7H2,(H,19,20). The van der Waals surface area contributed by atoms with E-state index in [1.807, 2.05) is 24.8 Å². The van der Waals surface area contributed by atoms with Crippen LogP contribution in [0.1, 0.15) is 19.3 Å². The van der Waals surface area contributed by atoms with E-state index < -0.39 is 0 Å². The first kappa shape index (κ1) is 12.3. The summed E-state index contributed by atoms with van der Waals surface area (Å²) < 4.78 is 0. The molecule has 4 rings (SSSR count). The highest BCUT2D eigenvalue weighted by molar-refractivity contribution is 6.02. The maximum absolute atomic E-state index is 4.46. The van der Waals surface area contributed by atoms with Crippen molar-refractivity contribution in [3.8, 4) is 11.1 Å². The third-order valence-electron chi connectivity index (χ3n) is 4.12. The molecule has 0 aromatic carbocycles. The summed E-state index contributed by atoms with van der Waals surface area (Å²) in [6.07, 6.45) is 13.0. The average Bonchev–Trinajstić information content (AvgIpc) is 3.00. The maximum atomic E-state index is 4.46. The van der Waals surface area contributed by atoms with Crippen LogP contribution >= 0.6 is 0 Å². The number of aromatic nitrogens is 4. The van der Waals surface area contributed by atoms with Crippen molar-refractivity contribution in [1.82, 2.24) is 19.9 Å². The van der Waals surface area contributed by atoms with E-state index in [1.54, 1.807) is 6.33 Å². The second kappa shape index (κ2) is 5.16. The van der Waals surface area contributed by atoms with Crippen LogP contribution in [0.4, 0.5) is 5.69 Å². The molecule has 106 valence electrons. The van der Waals surface area contributed by atoms with Crippen molar-refractivity contribution in [3.05, 3.63) is 37.2 Å². The fourth-order valence-corrected chi connectivity index (χ4v) is 3.10. The van der Waals surface area contributed by atoms with Gasteiger partial charge in [0.25, 0.3) is 0 Å². The Morgan fingerprint density at radius 2 is 1.86 bits per heavy atom. The smallest absolute Gasteiger partial charge is 0.139 e. The van der Waals surface area contributed by atoms with Gasteiger partial charge in [0.2, 0.25) is 0 Å². The van der Waals surface area contributed by atoms with Crippen LogP contribution in [0.25, 0.3) is 22.2 Å². The van der Waals surface area contributed by atoms with Gasteiger partial charge in [-0.1, -0.05) is 0 Å². The van der Waals surface area contributed by atoms with E-state index in [2.05, 4.69) is 30.9 Å². The highest BCUT2D eigenvalue weighted by Crippen LogP contribution is 2.35. The summed E-state index contributed by atoms with van der Waals surface area (Å²) in [5.41, 5.74) is 4.34. The highest BCUT2D eigenvalue weighted by atomic mass is 15.1. The van der Waals surface area contributed by atoms with Gasteiger partial charge in [-0.15, -0.1) is 0 Å². The van der Waals surface area contributed by atoms with Gasteiger partial charge in [0.1, 0.15) is 12.0 Å². The molecule has 0 saturated carbocycles. The van der Waals surface area contributed by atoms with E-state index in [1.165, 1.54) is 30.3 Å². The van der Waals surface area contributed by atoms with Gasteiger partial charge in [-0.25, -0.2) is 15.0 Å². The Balaban J connectivity index is 1.89. The zero-order valence-electron chi connectivity index (χ0n) is 11.8. The van der Waals surface area contributed by atoms with Gasteiger partial charge in [0.05, 0.1) is 0 Å². The molecule has 0 atom stereocenters. The van der Waals surface area contributed by atoms with E-state index in [4.69, 9.17) is 0 Å². The molecule has 0 unspecified atom stereocenters. The fraction of sp³-hybridized carbons (Fsp3) is 0.312. The molecule has 1 saturated heterocycles. The first-order valence-electron chi connectivity index (χ1n) is 7.40. The normalized spacial score (nSPS) is 15.5. The molecule has 5 heteroatoms. The summed E-state index contributed by atoms with van der Waals surface area (Å²) in [6, 6.07) is 2.12. The van der Waals surface area contributed by atoms with Crippen molar-refractivity contribution in [1.29, 1.82) is 0 Å². The lowest BCUT2D eigenvalue weighted by atomic mass is 10.1. The molecule has 0 radical (unpaired) electrons. The molecule has 3 aromatic rings. The van der Waals surface area contributed by atoms with Crippen molar-refractivity contribution in [2.45, 2.75) is 19.3 Å². The molecule has 1 fully saturated rings. The first-order chi connectivity index (χ1) is 10.4. The van der Waals surface area contributed by atoms with Crippen LogP contribution in [0.3, 0.4) is 0 Å². The Kier molecular flexibility index (Phi) is 3.03. The number of nitrogens with zero attached hydrogens (tertiary/aromatic N) is 4. The van der Waals surface area contributed by atoms with E-state index in [9.17, 15) is 0 Å². The number of fused-ring (bicyclic) bond motifs is 1. The second-order valence-corrected chi connectivity index (χ2v) is 5.43. The summed E-state index contributed by atoms with van der Waals surface area (Å²) in [5.74, 6) is 0. The van der Waals surface area contributed by atoms with E-state index >= 15 is 0 Å². The van der Waals surface area contributed by atoms with E-state index in [0.29, 0.717) is 0 Å². The summed E-state index contributed by atoms with van der Waals surface area (Å²) in [6.45, 7) is 2.24. The van der Waals surface area contributed by atoms with Crippen molar-refractivity contribution in [3.63, 3.8) is 0 Å². The zero-order chi connectivity index (χ0) is 14.1. The van der Waals surface area contributed by atoms with Crippen molar-refractivity contribution < 1.29 is 0 Å². The van der Waals surface area contributed by atoms with E-state index in [0.717, 1.165) is 29.9 Å². The van der Waals surface area contributed by atoms with Crippen LogP contribution < -0.4 is 4.90 Å². The molecule has 1 N–H and O–H groups in total. The summed E-state index contributed by atoms with van der Waals surface area (Å²) in [4.78, 5) is 18.5. The van der Waals surface area contributed by atoms with Gasteiger partial charge in [-0.05, 0) is 25.3 Å².